The Bertz CT molecular complexity index is 1200. The van der Waals surface area contributed by atoms with Crippen LogP contribution in [0, 0.1) is 5.41 Å². The summed E-state index contributed by atoms with van der Waals surface area (Å²) in [6.07, 6.45) is -1.34. The highest BCUT2D eigenvalue weighted by molar-refractivity contribution is 7.08. The molecule has 208 valence electrons. The molecule has 0 saturated carbocycles. The first-order chi connectivity index (χ1) is 18.5. The molecule has 8 nitrogen and oxygen atoms in total. The van der Waals surface area contributed by atoms with E-state index in [-0.39, 0.29) is 12.3 Å². The third-order valence-electron chi connectivity index (χ3n) is 6.46. The summed E-state index contributed by atoms with van der Waals surface area (Å²) >= 11 is 1.43. The van der Waals surface area contributed by atoms with Crippen molar-refractivity contribution in [2.75, 3.05) is 0 Å². The van der Waals surface area contributed by atoms with E-state index in [0.29, 0.717) is 18.4 Å². The summed E-state index contributed by atoms with van der Waals surface area (Å²) in [6.45, 7) is 5.31. The average Bonchev–Trinajstić information content (AvgIpc) is 3.42. The van der Waals surface area contributed by atoms with Gasteiger partial charge in [0.25, 0.3) is 5.91 Å². The van der Waals surface area contributed by atoms with Gasteiger partial charge >= 0.3 is 6.09 Å². The van der Waals surface area contributed by atoms with Gasteiger partial charge in [0, 0.05) is 17.0 Å². The maximum atomic E-state index is 13.3. The molecule has 3 amide bonds. The lowest BCUT2D eigenvalue weighted by Gasteiger charge is -2.33. The molecule has 9 heteroatoms. The van der Waals surface area contributed by atoms with Crippen LogP contribution in [0.5, 0.6) is 0 Å². The molecule has 0 aliphatic heterocycles. The highest BCUT2D eigenvalue weighted by Gasteiger charge is 2.35. The molecule has 0 bridgehead atoms. The second kappa shape index (κ2) is 13.9. The van der Waals surface area contributed by atoms with Gasteiger partial charge in [0.1, 0.15) is 6.04 Å². The van der Waals surface area contributed by atoms with Gasteiger partial charge in [-0.1, -0.05) is 81.4 Å². The van der Waals surface area contributed by atoms with Crippen LogP contribution in [0.4, 0.5) is 4.79 Å². The van der Waals surface area contributed by atoms with Crippen LogP contribution in [0.1, 0.15) is 48.7 Å². The van der Waals surface area contributed by atoms with E-state index in [2.05, 4.69) is 16.0 Å². The van der Waals surface area contributed by atoms with Gasteiger partial charge in [-0.2, -0.15) is 11.3 Å². The largest absolute Gasteiger partial charge is 0.465 e. The van der Waals surface area contributed by atoms with E-state index in [0.717, 1.165) is 11.1 Å². The summed E-state index contributed by atoms with van der Waals surface area (Å²) in [5, 5.41) is 32.7. The number of hydrogen-bond donors (Lipinski definition) is 5. The standard InChI is InChI=1S/C30H37N3O5S/c1-30(2,3)26(33-29(37)38)28(36)32-24(17-21-12-8-5-9-13-21)25(34)18-23(16-20-10-6-4-7-11-20)31-27(35)22-14-15-39-19-22/h4-15,19,23-26,33-34H,16-18H2,1-3H3,(H,31,35)(H,32,36)(H,37,38)/t23-,24-,25+,26+/m0/s1. The van der Waals surface area contributed by atoms with Crippen molar-refractivity contribution in [1.29, 1.82) is 0 Å². The highest BCUT2D eigenvalue weighted by Crippen LogP contribution is 2.21. The van der Waals surface area contributed by atoms with E-state index in [1.54, 1.807) is 32.2 Å². The molecule has 0 spiro atoms. The van der Waals surface area contributed by atoms with Crippen molar-refractivity contribution in [3.05, 3.63) is 94.2 Å². The Labute approximate surface area is 233 Å². The molecule has 0 saturated heterocycles. The fourth-order valence-corrected chi connectivity index (χ4v) is 5.06. The maximum absolute atomic E-state index is 13.3. The molecular weight excluding hydrogens is 514 g/mol. The van der Waals surface area contributed by atoms with E-state index < -0.39 is 41.6 Å². The quantitative estimate of drug-likeness (QED) is 0.230. The van der Waals surface area contributed by atoms with Crippen molar-refractivity contribution in [3.8, 4) is 0 Å². The van der Waals surface area contributed by atoms with Gasteiger partial charge in [0.05, 0.1) is 12.1 Å². The summed E-state index contributed by atoms with van der Waals surface area (Å²) in [6, 6.07) is 18.7. The molecule has 2 aromatic carbocycles. The Balaban J connectivity index is 1.84. The molecule has 4 atom stereocenters. The third-order valence-corrected chi connectivity index (χ3v) is 7.14. The summed E-state index contributed by atoms with van der Waals surface area (Å²) in [7, 11) is 0. The topological polar surface area (TPSA) is 128 Å². The third kappa shape index (κ3) is 9.53. The van der Waals surface area contributed by atoms with E-state index in [1.165, 1.54) is 11.3 Å². The summed E-state index contributed by atoms with van der Waals surface area (Å²) in [5.74, 6) is -0.752. The number of aliphatic hydroxyl groups is 1. The molecule has 0 aliphatic carbocycles. The molecular formula is C30H37N3O5S. The molecule has 3 aromatic rings. The molecule has 0 radical (unpaired) electrons. The molecule has 39 heavy (non-hydrogen) atoms. The highest BCUT2D eigenvalue weighted by atomic mass is 32.1. The molecule has 1 aromatic heterocycles. The number of aliphatic hydroxyl groups excluding tert-OH is 1. The maximum Gasteiger partial charge on any atom is 0.405 e. The Kier molecular flexibility index (Phi) is 10.7. The molecule has 0 unspecified atom stereocenters. The Morgan fingerprint density at radius 2 is 1.44 bits per heavy atom. The zero-order chi connectivity index (χ0) is 28.4. The Morgan fingerprint density at radius 1 is 0.846 bits per heavy atom. The number of carbonyl (C=O) groups is 3. The Morgan fingerprint density at radius 3 is 1.95 bits per heavy atom. The van der Waals surface area contributed by atoms with Gasteiger partial charge in [-0.25, -0.2) is 4.79 Å². The van der Waals surface area contributed by atoms with Crippen molar-refractivity contribution in [3.63, 3.8) is 0 Å². The fraction of sp³-hybridized carbons (Fsp3) is 0.367. The number of rotatable bonds is 12. The molecule has 3 rings (SSSR count). The minimum Gasteiger partial charge on any atom is -0.465 e. The van der Waals surface area contributed by atoms with Crippen LogP contribution in [0.25, 0.3) is 0 Å². The molecule has 5 N–H and O–H groups in total. The number of amides is 3. The first-order valence-corrected chi connectivity index (χ1v) is 13.9. The van der Waals surface area contributed by atoms with Crippen molar-refractivity contribution in [1.82, 2.24) is 16.0 Å². The zero-order valence-corrected chi connectivity index (χ0v) is 23.3. The van der Waals surface area contributed by atoms with Crippen LogP contribution >= 0.6 is 11.3 Å². The lowest BCUT2D eigenvalue weighted by Crippen LogP contribution is -2.58. The van der Waals surface area contributed by atoms with Crippen LogP contribution in [0.3, 0.4) is 0 Å². The monoisotopic (exact) mass is 551 g/mol. The van der Waals surface area contributed by atoms with Gasteiger partial charge in [0.2, 0.25) is 5.91 Å². The normalized spacial score (nSPS) is 14.5. The van der Waals surface area contributed by atoms with Crippen molar-refractivity contribution >= 4 is 29.2 Å². The fourth-order valence-electron chi connectivity index (χ4n) is 4.43. The summed E-state index contributed by atoms with van der Waals surface area (Å²) in [4.78, 5) is 37.6. The lowest BCUT2D eigenvalue weighted by atomic mass is 9.85. The molecule has 0 aliphatic rings. The molecule has 0 fully saturated rings. The van der Waals surface area contributed by atoms with E-state index in [9.17, 15) is 24.6 Å². The second-order valence-electron chi connectivity index (χ2n) is 10.7. The van der Waals surface area contributed by atoms with Crippen LogP contribution in [0.2, 0.25) is 0 Å². The minimum atomic E-state index is -1.30. The minimum absolute atomic E-state index is 0.176. The van der Waals surface area contributed by atoms with Crippen LogP contribution in [-0.2, 0) is 17.6 Å². The first-order valence-electron chi connectivity index (χ1n) is 12.9. The second-order valence-corrected chi connectivity index (χ2v) is 11.5. The van der Waals surface area contributed by atoms with Gasteiger partial charge < -0.3 is 26.2 Å². The SMILES string of the molecule is CC(C)(C)[C@H](NC(=O)O)C(=O)N[C@@H](Cc1ccccc1)[C@H](O)C[C@H](Cc1ccccc1)NC(=O)c1ccsc1. The number of thiophene rings is 1. The lowest BCUT2D eigenvalue weighted by molar-refractivity contribution is -0.127. The zero-order valence-electron chi connectivity index (χ0n) is 22.5. The average molecular weight is 552 g/mol. The van der Waals surface area contributed by atoms with Crippen LogP contribution in [0.15, 0.2) is 77.5 Å². The van der Waals surface area contributed by atoms with Gasteiger partial charge in [-0.3, -0.25) is 9.59 Å². The number of carbonyl (C=O) groups excluding carboxylic acids is 2. The Hall–Kier alpha value is -3.69. The van der Waals surface area contributed by atoms with Crippen molar-refractivity contribution < 1.29 is 24.6 Å². The van der Waals surface area contributed by atoms with Crippen molar-refractivity contribution in [2.45, 2.75) is 64.3 Å². The van der Waals surface area contributed by atoms with Gasteiger partial charge in [-0.15, -0.1) is 0 Å². The summed E-state index contributed by atoms with van der Waals surface area (Å²) in [5.41, 5.74) is 1.76. The van der Waals surface area contributed by atoms with Crippen LogP contribution in [-0.4, -0.2) is 52.4 Å². The number of carboxylic acid groups (broad SMARTS) is 1. The van der Waals surface area contributed by atoms with E-state index >= 15 is 0 Å². The number of benzene rings is 2. The van der Waals surface area contributed by atoms with Gasteiger partial charge in [0.15, 0.2) is 0 Å². The predicted molar refractivity (Wildman–Crippen MR) is 153 cm³/mol. The van der Waals surface area contributed by atoms with Crippen LogP contribution < -0.4 is 16.0 Å². The number of hydrogen-bond acceptors (Lipinski definition) is 5. The first kappa shape index (κ1) is 29.9. The number of nitrogens with one attached hydrogen (secondary N) is 3. The predicted octanol–water partition coefficient (Wildman–Crippen LogP) is 4.25. The van der Waals surface area contributed by atoms with E-state index in [4.69, 9.17) is 0 Å². The molecule has 1 heterocycles. The van der Waals surface area contributed by atoms with Crippen molar-refractivity contribution in [2.24, 2.45) is 5.41 Å². The summed E-state index contributed by atoms with van der Waals surface area (Å²) < 4.78 is 0. The smallest absolute Gasteiger partial charge is 0.405 e. The van der Waals surface area contributed by atoms with Gasteiger partial charge in [-0.05, 0) is 47.3 Å². The van der Waals surface area contributed by atoms with E-state index in [1.807, 2.05) is 66.0 Å².